The number of hydrogen-bond donors (Lipinski definition) is 1. The zero-order valence-electron chi connectivity index (χ0n) is 17.9. The van der Waals surface area contributed by atoms with Crippen molar-refractivity contribution in [1.82, 2.24) is 14.2 Å². The van der Waals surface area contributed by atoms with Crippen molar-refractivity contribution < 1.29 is 22.0 Å². The Hall–Kier alpha value is -2.80. The fraction of sp³-hybridized carbons (Fsp3) is 0.182. The molecule has 0 atom stereocenters. The molecule has 3 aromatic rings. The van der Waals surface area contributed by atoms with Crippen LogP contribution in [0.3, 0.4) is 0 Å². The zero-order valence-corrected chi connectivity index (χ0v) is 20.4. The Balaban J connectivity index is 1.43. The molecular formula is C22H20F2N4O3S3. The van der Waals surface area contributed by atoms with Gasteiger partial charge in [0, 0.05) is 30.4 Å². The maximum absolute atomic E-state index is 13.1. The monoisotopic (exact) mass is 522 g/mol. The molecule has 1 aliphatic heterocycles. The summed E-state index contributed by atoms with van der Waals surface area (Å²) < 4.78 is 52.6. The van der Waals surface area contributed by atoms with Gasteiger partial charge in [-0.15, -0.1) is 23.1 Å². The number of anilines is 2. The molecule has 178 valence electrons. The van der Waals surface area contributed by atoms with Crippen molar-refractivity contribution >= 4 is 55.9 Å². The van der Waals surface area contributed by atoms with Crippen molar-refractivity contribution in [3.63, 3.8) is 0 Å². The molecule has 0 radical (unpaired) electrons. The van der Waals surface area contributed by atoms with Crippen LogP contribution in [0, 0.1) is 11.6 Å². The van der Waals surface area contributed by atoms with Crippen LogP contribution in [0.4, 0.5) is 19.6 Å². The van der Waals surface area contributed by atoms with Gasteiger partial charge in [-0.1, -0.05) is 0 Å². The van der Waals surface area contributed by atoms with Crippen molar-refractivity contribution in [3.8, 4) is 0 Å². The molecule has 0 aliphatic carbocycles. The Morgan fingerprint density at radius 1 is 1.15 bits per heavy atom. The Bertz CT molecular complexity index is 1310. The molecular weight excluding hydrogens is 502 g/mol. The van der Waals surface area contributed by atoms with Crippen LogP contribution in [-0.2, 0) is 14.8 Å². The van der Waals surface area contributed by atoms with Crippen LogP contribution in [0.5, 0.6) is 0 Å². The van der Waals surface area contributed by atoms with E-state index in [9.17, 15) is 22.0 Å². The van der Waals surface area contributed by atoms with Gasteiger partial charge in [0.1, 0.15) is 11.6 Å². The van der Waals surface area contributed by atoms with Crippen molar-refractivity contribution in [2.24, 2.45) is 0 Å². The van der Waals surface area contributed by atoms with Gasteiger partial charge in [-0.05, 0) is 54.6 Å². The summed E-state index contributed by atoms with van der Waals surface area (Å²) >= 11 is 2.85. The second kappa shape index (κ2) is 10.2. The molecule has 1 aliphatic rings. The average Bonchev–Trinajstić information content (AvgIpc) is 3.45. The third-order valence-electron chi connectivity index (χ3n) is 4.90. The molecule has 34 heavy (non-hydrogen) atoms. The lowest BCUT2D eigenvalue weighted by Crippen LogP contribution is -2.39. The van der Waals surface area contributed by atoms with E-state index < -0.39 is 15.8 Å². The van der Waals surface area contributed by atoms with Gasteiger partial charge in [-0.25, -0.2) is 22.2 Å². The fourth-order valence-electron chi connectivity index (χ4n) is 3.14. The summed E-state index contributed by atoms with van der Waals surface area (Å²) in [5, 5.41) is 6.22. The highest BCUT2D eigenvalue weighted by molar-refractivity contribution is 8.03. The first-order chi connectivity index (χ1) is 16.2. The standard InChI is InChI=1S/C22H20F2N4O3S3/c1-27(34(30,31)19-8-4-16(24)5-9-19)13-20(29)28-10-11-32-21(28)12-18-14-33-22(26-18)25-17-6-2-15(23)3-7-17/h2-9,12,14H,10-11,13H2,1H3,(H,25,26)/b21-12+. The van der Waals surface area contributed by atoms with E-state index in [4.69, 9.17) is 0 Å². The van der Waals surface area contributed by atoms with E-state index >= 15 is 0 Å². The number of benzene rings is 2. The predicted octanol–water partition coefficient (Wildman–Crippen LogP) is 4.36. The molecule has 2 aromatic carbocycles. The predicted molar refractivity (Wildman–Crippen MR) is 130 cm³/mol. The van der Waals surface area contributed by atoms with Gasteiger partial charge in [0.2, 0.25) is 15.9 Å². The Kier molecular flexibility index (Phi) is 7.31. The molecule has 1 amide bonds. The van der Waals surface area contributed by atoms with Gasteiger partial charge >= 0.3 is 0 Å². The smallest absolute Gasteiger partial charge is 0.243 e. The van der Waals surface area contributed by atoms with Gasteiger partial charge in [0.05, 0.1) is 22.2 Å². The lowest BCUT2D eigenvalue weighted by molar-refractivity contribution is -0.128. The van der Waals surface area contributed by atoms with Crippen LogP contribution >= 0.6 is 23.1 Å². The Labute approximate surface area is 204 Å². The van der Waals surface area contributed by atoms with E-state index in [-0.39, 0.29) is 23.2 Å². The topological polar surface area (TPSA) is 82.6 Å². The van der Waals surface area contributed by atoms with E-state index in [2.05, 4.69) is 10.3 Å². The number of likely N-dealkylation sites (N-methyl/N-ethyl adjacent to an activating group) is 1. The van der Waals surface area contributed by atoms with Crippen molar-refractivity contribution in [2.45, 2.75) is 4.90 Å². The molecule has 1 aromatic heterocycles. The maximum Gasteiger partial charge on any atom is 0.243 e. The molecule has 0 spiro atoms. The van der Waals surface area contributed by atoms with Gasteiger partial charge in [-0.2, -0.15) is 4.31 Å². The number of hydrogen-bond acceptors (Lipinski definition) is 7. The second-order valence-electron chi connectivity index (χ2n) is 7.30. The van der Waals surface area contributed by atoms with Crippen LogP contribution < -0.4 is 5.32 Å². The summed E-state index contributed by atoms with van der Waals surface area (Å²) in [6.45, 7) is 0.0939. The van der Waals surface area contributed by atoms with Crippen LogP contribution in [0.1, 0.15) is 5.69 Å². The number of aromatic nitrogens is 1. The molecule has 1 saturated heterocycles. The number of thioether (sulfide) groups is 1. The number of amides is 1. The van der Waals surface area contributed by atoms with Crippen LogP contribution in [0.15, 0.2) is 63.8 Å². The van der Waals surface area contributed by atoms with Crippen LogP contribution in [-0.4, -0.2) is 54.4 Å². The van der Waals surface area contributed by atoms with Crippen molar-refractivity contribution in [1.29, 1.82) is 0 Å². The Morgan fingerprint density at radius 3 is 2.47 bits per heavy atom. The minimum absolute atomic E-state index is 0.0839. The van der Waals surface area contributed by atoms with Crippen LogP contribution in [0.2, 0.25) is 0 Å². The van der Waals surface area contributed by atoms with Gasteiger partial charge in [0.25, 0.3) is 0 Å². The van der Waals surface area contributed by atoms with Gasteiger partial charge in [0.15, 0.2) is 5.13 Å². The molecule has 2 heterocycles. The van der Waals surface area contributed by atoms with Crippen molar-refractivity contribution in [2.75, 3.05) is 31.2 Å². The Morgan fingerprint density at radius 2 is 1.79 bits per heavy atom. The molecule has 1 fully saturated rings. The molecule has 7 nitrogen and oxygen atoms in total. The van der Waals surface area contributed by atoms with E-state index in [1.807, 2.05) is 5.38 Å². The first-order valence-corrected chi connectivity index (χ1v) is 13.4. The van der Waals surface area contributed by atoms with E-state index in [0.29, 0.717) is 33.8 Å². The number of halogens is 2. The number of carbonyl (C=O) groups excluding carboxylic acids is 1. The number of thiazole rings is 1. The summed E-state index contributed by atoms with van der Waals surface area (Å²) in [6, 6.07) is 10.4. The molecule has 0 bridgehead atoms. The number of nitrogens with zero attached hydrogens (tertiary/aromatic N) is 3. The van der Waals surface area contributed by atoms with Crippen molar-refractivity contribution in [3.05, 3.63) is 76.3 Å². The number of sulfonamides is 1. The lowest BCUT2D eigenvalue weighted by Gasteiger charge is -2.21. The quantitative estimate of drug-likeness (QED) is 0.497. The average molecular weight is 523 g/mol. The molecule has 12 heteroatoms. The van der Waals surface area contributed by atoms with E-state index in [1.165, 1.54) is 59.3 Å². The first kappa shape index (κ1) is 24.3. The fourth-order valence-corrected chi connectivity index (χ4v) is 5.98. The minimum Gasteiger partial charge on any atom is -0.332 e. The first-order valence-electron chi connectivity index (χ1n) is 10.1. The SMILES string of the molecule is CN(CC(=O)N1CCS/C1=C/c1csc(Nc2ccc(F)cc2)n1)S(=O)(=O)c1ccc(F)cc1. The van der Waals surface area contributed by atoms with E-state index in [0.717, 1.165) is 16.4 Å². The lowest BCUT2D eigenvalue weighted by atomic mass is 10.3. The third kappa shape index (κ3) is 5.63. The number of nitrogens with one attached hydrogen (secondary N) is 1. The second-order valence-corrected chi connectivity index (χ2v) is 11.3. The van der Waals surface area contributed by atoms with Gasteiger partial charge < -0.3 is 10.2 Å². The summed E-state index contributed by atoms with van der Waals surface area (Å²) in [6.07, 6.45) is 1.77. The molecule has 1 N–H and O–H groups in total. The highest BCUT2D eigenvalue weighted by atomic mass is 32.2. The summed E-state index contributed by atoms with van der Waals surface area (Å²) in [5.74, 6) is -0.560. The number of rotatable bonds is 7. The highest BCUT2D eigenvalue weighted by Gasteiger charge is 2.29. The normalized spacial score (nSPS) is 15.3. The molecule has 4 rings (SSSR count). The summed E-state index contributed by atoms with van der Waals surface area (Å²) in [7, 11) is -2.62. The minimum atomic E-state index is -3.94. The highest BCUT2D eigenvalue weighted by Crippen LogP contribution is 2.31. The largest absolute Gasteiger partial charge is 0.332 e. The third-order valence-corrected chi connectivity index (χ3v) is 8.51. The van der Waals surface area contributed by atoms with E-state index in [1.54, 1.807) is 18.2 Å². The molecule has 0 saturated carbocycles. The number of carbonyl (C=O) groups is 1. The van der Waals surface area contributed by atoms with Crippen LogP contribution in [0.25, 0.3) is 6.08 Å². The molecule has 0 unspecified atom stereocenters. The van der Waals surface area contributed by atoms with Gasteiger partial charge in [-0.3, -0.25) is 4.79 Å². The zero-order chi connectivity index (χ0) is 24.3. The summed E-state index contributed by atoms with van der Waals surface area (Å²) in [5.41, 5.74) is 1.34. The summed E-state index contributed by atoms with van der Waals surface area (Å²) in [4.78, 5) is 18.8. The maximum atomic E-state index is 13.1.